The lowest BCUT2D eigenvalue weighted by Crippen LogP contribution is -2.62. The summed E-state index contributed by atoms with van der Waals surface area (Å²) in [5, 5.41) is 44.5. The topological polar surface area (TPSA) is 149 Å². The summed E-state index contributed by atoms with van der Waals surface area (Å²) in [7, 11) is 2.94. The summed E-state index contributed by atoms with van der Waals surface area (Å²) in [5.41, 5.74) is 0.00923. The molecule has 0 aromatic heterocycles. The van der Waals surface area contributed by atoms with Gasteiger partial charge in [-0.1, -0.05) is 20.8 Å². The highest BCUT2D eigenvalue weighted by molar-refractivity contribution is 5.66. The van der Waals surface area contributed by atoms with Crippen LogP contribution in [0.25, 0.3) is 0 Å². The van der Waals surface area contributed by atoms with Crippen molar-refractivity contribution in [1.29, 1.82) is 0 Å². The van der Waals surface area contributed by atoms with Crippen molar-refractivity contribution in [3.63, 3.8) is 0 Å². The number of carbonyl (C=O) groups is 1. The van der Waals surface area contributed by atoms with Crippen LogP contribution in [-0.2, 0) is 16.1 Å². The molecule has 10 nitrogen and oxygen atoms in total. The number of nitro groups is 1. The second-order valence-corrected chi connectivity index (χ2v) is 14.3. The molecule has 0 radical (unpaired) electrons. The molecule has 0 spiro atoms. The Labute approximate surface area is 254 Å². The molecule has 5 rings (SSSR count). The number of aliphatic hydroxyl groups excluding tert-OH is 2. The summed E-state index contributed by atoms with van der Waals surface area (Å²) >= 11 is 0. The normalized spacial score (nSPS) is 39.2. The minimum atomic E-state index is -0.779. The molecule has 4 saturated carbocycles. The van der Waals surface area contributed by atoms with E-state index in [0.717, 1.165) is 32.1 Å². The predicted molar refractivity (Wildman–Crippen MR) is 159 cm³/mol. The van der Waals surface area contributed by atoms with E-state index in [4.69, 9.17) is 14.2 Å². The lowest BCUT2D eigenvalue weighted by atomic mass is 9.43. The largest absolute Gasteiger partial charge is 0.493 e. The number of methoxy groups -OCH3 is 2. The van der Waals surface area contributed by atoms with Gasteiger partial charge in [-0.3, -0.25) is 14.9 Å². The monoisotopic (exact) mass is 603 g/mol. The lowest BCUT2D eigenvalue weighted by Gasteiger charge is -2.63. The molecule has 0 heterocycles. The maximum Gasteiger partial charge on any atom is 0.303 e. The minimum Gasteiger partial charge on any atom is -0.493 e. The molecule has 240 valence electrons. The Kier molecular flexibility index (Phi) is 9.04. The number of fused-ring (bicyclic) bond motifs is 5. The van der Waals surface area contributed by atoms with E-state index in [1.807, 2.05) is 0 Å². The SMILES string of the molecule is COc1cc(CO[C@@H]2CC[C@@]3(C)C(C2)C[C@@H](O)[C@H]2[C@@H]4CC[C@H]([C@H](C)CCC(=O)O)[C@@]4(C)[C@@H](O)C[C@@H]23)c([N+](=O)[O-])cc1OC. The van der Waals surface area contributed by atoms with Gasteiger partial charge in [0.15, 0.2) is 11.5 Å². The molecule has 3 N–H and O–H groups in total. The van der Waals surface area contributed by atoms with Crippen molar-refractivity contribution in [2.75, 3.05) is 14.2 Å². The quantitative estimate of drug-likeness (QED) is 0.230. The fourth-order valence-electron chi connectivity index (χ4n) is 10.2. The van der Waals surface area contributed by atoms with Crippen LogP contribution in [0.3, 0.4) is 0 Å². The predicted octanol–water partition coefficient (Wildman–Crippen LogP) is 5.60. The van der Waals surface area contributed by atoms with Gasteiger partial charge in [0.05, 0.1) is 55.7 Å². The Morgan fingerprint density at radius 3 is 2.42 bits per heavy atom. The zero-order valence-corrected chi connectivity index (χ0v) is 26.2. The van der Waals surface area contributed by atoms with Crippen LogP contribution in [0.15, 0.2) is 12.1 Å². The van der Waals surface area contributed by atoms with Crippen LogP contribution in [0, 0.1) is 56.5 Å². The number of carboxylic acids is 1. The number of carboxylic acid groups (broad SMARTS) is 1. The van der Waals surface area contributed by atoms with Gasteiger partial charge in [0.25, 0.3) is 5.69 Å². The van der Waals surface area contributed by atoms with Crippen molar-refractivity contribution in [3.05, 3.63) is 27.8 Å². The highest BCUT2D eigenvalue weighted by Crippen LogP contribution is 2.68. The van der Waals surface area contributed by atoms with Gasteiger partial charge >= 0.3 is 5.97 Å². The number of hydrogen-bond acceptors (Lipinski definition) is 8. The second-order valence-electron chi connectivity index (χ2n) is 14.3. The first-order valence-corrected chi connectivity index (χ1v) is 15.9. The van der Waals surface area contributed by atoms with Crippen LogP contribution >= 0.6 is 0 Å². The van der Waals surface area contributed by atoms with E-state index in [0.29, 0.717) is 36.3 Å². The summed E-state index contributed by atoms with van der Waals surface area (Å²) in [5.74, 6) is 1.15. The molecule has 1 aromatic rings. The van der Waals surface area contributed by atoms with E-state index in [1.54, 1.807) is 6.07 Å². The molecule has 1 aromatic carbocycles. The third-order valence-electron chi connectivity index (χ3n) is 12.6. The Hall–Kier alpha value is -2.43. The zero-order chi connectivity index (χ0) is 31.3. The number of ether oxygens (including phenoxy) is 3. The van der Waals surface area contributed by atoms with Gasteiger partial charge in [0.1, 0.15) is 0 Å². The number of benzene rings is 1. The Balaban J connectivity index is 1.30. The summed E-state index contributed by atoms with van der Waals surface area (Å²) in [6.07, 6.45) is 5.51. The van der Waals surface area contributed by atoms with E-state index in [2.05, 4.69) is 20.8 Å². The van der Waals surface area contributed by atoms with Gasteiger partial charge in [-0.15, -0.1) is 0 Å². The number of hydrogen-bond donors (Lipinski definition) is 3. The van der Waals surface area contributed by atoms with E-state index < -0.39 is 23.1 Å². The van der Waals surface area contributed by atoms with Crippen LogP contribution < -0.4 is 9.47 Å². The van der Waals surface area contributed by atoms with Gasteiger partial charge in [-0.2, -0.15) is 0 Å². The molecule has 4 aliphatic carbocycles. The number of nitro benzene ring substituents is 1. The van der Waals surface area contributed by atoms with Crippen LogP contribution in [0.1, 0.15) is 84.1 Å². The van der Waals surface area contributed by atoms with Crippen LogP contribution in [-0.4, -0.2) is 58.7 Å². The molecule has 4 fully saturated rings. The summed E-state index contributed by atoms with van der Waals surface area (Å²) < 4.78 is 16.9. The van der Waals surface area contributed by atoms with Gasteiger partial charge < -0.3 is 29.5 Å². The fraction of sp³-hybridized carbons (Fsp3) is 0.788. The first kappa shape index (κ1) is 32.0. The van der Waals surface area contributed by atoms with E-state index in [1.165, 1.54) is 20.3 Å². The fourth-order valence-corrected chi connectivity index (χ4v) is 10.2. The zero-order valence-electron chi connectivity index (χ0n) is 26.2. The average molecular weight is 604 g/mol. The van der Waals surface area contributed by atoms with E-state index >= 15 is 0 Å². The standard InChI is InChI=1S/C33H49NO9/c1-18(6-9-30(37)38)22-7-8-23-31-24(15-29(36)33(22,23)3)32(2)11-10-21(13-20(32)14-26(31)35)43-17-19-12-27(41-4)28(42-5)16-25(19)34(39)40/h12,16,18,20-24,26,29,31,35-36H,6-11,13-15,17H2,1-5H3,(H,37,38)/t18-,20?,21-,22-,23+,24+,26-,29+,31+,32+,33-/m1/s1. The lowest BCUT2D eigenvalue weighted by molar-refractivity contribution is -0.386. The first-order chi connectivity index (χ1) is 20.3. The maximum absolute atomic E-state index is 11.8. The van der Waals surface area contributed by atoms with Crippen molar-refractivity contribution >= 4 is 11.7 Å². The second kappa shape index (κ2) is 12.2. The summed E-state index contributed by atoms with van der Waals surface area (Å²) in [6, 6.07) is 2.98. The minimum absolute atomic E-state index is 0.0333. The molecule has 4 aliphatic rings. The van der Waals surface area contributed by atoms with Gasteiger partial charge in [-0.25, -0.2) is 0 Å². The molecule has 0 bridgehead atoms. The number of aliphatic carboxylic acids is 1. The first-order valence-electron chi connectivity index (χ1n) is 15.9. The van der Waals surface area contributed by atoms with Crippen molar-refractivity contribution < 1.29 is 39.2 Å². The van der Waals surface area contributed by atoms with Gasteiger partial charge in [0.2, 0.25) is 0 Å². The maximum atomic E-state index is 11.8. The number of rotatable bonds is 10. The highest BCUT2D eigenvalue weighted by Gasteiger charge is 2.65. The van der Waals surface area contributed by atoms with Crippen molar-refractivity contribution in [1.82, 2.24) is 0 Å². The summed E-state index contributed by atoms with van der Waals surface area (Å²) in [4.78, 5) is 22.6. The molecule has 1 unspecified atom stereocenters. The van der Waals surface area contributed by atoms with Crippen LogP contribution in [0.4, 0.5) is 5.69 Å². The third kappa shape index (κ3) is 5.52. The van der Waals surface area contributed by atoms with E-state index in [-0.39, 0.29) is 71.2 Å². The molecule has 10 heteroatoms. The van der Waals surface area contributed by atoms with Crippen molar-refractivity contribution in [2.45, 2.75) is 103 Å². The molecule has 43 heavy (non-hydrogen) atoms. The van der Waals surface area contributed by atoms with Crippen LogP contribution in [0.5, 0.6) is 11.5 Å². The molecule has 0 aliphatic heterocycles. The smallest absolute Gasteiger partial charge is 0.303 e. The molecule has 0 amide bonds. The average Bonchev–Trinajstić information content (AvgIpc) is 3.33. The number of aliphatic hydroxyl groups is 2. The Morgan fingerprint density at radius 2 is 1.77 bits per heavy atom. The third-order valence-corrected chi connectivity index (χ3v) is 12.6. The highest BCUT2D eigenvalue weighted by atomic mass is 16.6. The van der Waals surface area contributed by atoms with Crippen LogP contribution in [0.2, 0.25) is 0 Å². The van der Waals surface area contributed by atoms with Gasteiger partial charge in [-0.05, 0) is 104 Å². The Bertz CT molecular complexity index is 1210. The van der Waals surface area contributed by atoms with Gasteiger partial charge in [0, 0.05) is 6.42 Å². The number of nitrogens with zero attached hydrogens (tertiary/aromatic N) is 1. The van der Waals surface area contributed by atoms with E-state index in [9.17, 15) is 30.2 Å². The molecule has 0 saturated heterocycles. The van der Waals surface area contributed by atoms with Crippen molar-refractivity contribution in [3.8, 4) is 11.5 Å². The molecule has 11 atom stereocenters. The van der Waals surface area contributed by atoms with Crippen molar-refractivity contribution in [2.24, 2.45) is 46.3 Å². The molecular formula is C33H49NO9. The Morgan fingerprint density at radius 1 is 1.07 bits per heavy atom. The summed E-state index contributed by atoms with van der Waals surface area (Å²) in [6.45, 7) is 6.76. The molecular weight excluding hydrogens is 554 g/mol.